The molecule has 7 nitrogen and oxygen atoms in total. The monoisotopic (exact) mass is 286 g/mol. The van der Waals surface area contributed by atoms with Gasteiger partial charge in [0.15, 0.2) is 5.92 Å². The Balaban J connectivity index is 2.87. The lowest BCUT2D eigenvalue weighted by atomic mass is 9.67. The van der Waals surface area contributed by atoms with Gasteiger partial charge in [-0.2, -0.15) is 0 Å². The maximum atomic E-state index is 12.1. The minimum absolute atomic E-state index is 0.104. The van der Waals surface area contributed by atoms with Gasteiger partial charge in [0.1, 0.15) is 11.2 Å². The first kappa shape index (κ1) is 16.1. The third-order valence-corrected chi connectivity index (χ3v) is 3.81. The van der Waals surface area contributed by atoms with Crippen LogP contribution < -0.4 is 0 Å². The van der Waals surface area contributed by atoms with E-state index in [9.17, 15) is 19.2 Å². The highest BCUT2D eigenvalue weighted by Gasteiger charge is 2.49. The molecule has 7 heteroatoms. The van der Waals surface area contributed by atoms with E-state index < -0.39 is 40.9 Å². The molecule has 1 saturated carbocycles. The van der Waals surface area contributed by atoms with Crippen LogP contribution in [0, 0.1) is 17.3 Å². The fraction of sp³-hybridized carbons (Fsp3) is 0.692. The summed E-state index contributed by atoms with van der Waals surface area (Å²) in [4.78, 5) is 45.8. The van der Waals surface area contributed by atoms with Crippen LogP contribution in [0.4, 0.5) is 0 Å². The normalized spacial score (nSPS) is 26.4. The Kier molecular flexibility index (Phi) is 4.86. The van der Waals surface area contributed by atoms with Gasteiger partial charge in [0.05, 0.1) is 6.61 Å². The number of Topliss-reactive ketones (excluding diaryl/α,β-unsaturated/α-hetero) is 1. The van der Waals surface area contributed by atoms with Gasteiger partial charge in [-0.05, 0) is 32.6 Å². The van der Waals surface area contributed by atoms with Gasteiger partial charge >= 0.3 is 17.9 Å². The molecule has 0 aliphatic heterocycles. The first-order valence-electron chi connectivity index (χ1n) is 6.40. The van der Waals surface area contributed by atoms with Crippen molar-refractivity contribution in [2.24, 2.45) is 17.3 Å². The third-order valence-electron chi connectivity index (χ3n) is 3.81. The molecule has 0 radical (unpaired) electrons. The van der Waals surface area contributed by atoms with E-state index in [-0.39, 0.29) is 25.9 Å². The molecule has 0 spiro atoms. The molecule has 0 aromatic rings. The van der Waals surface area contributed by atoms with Gasteiger partial charge in [0.2, 0.25) is 0 Å². The number of carboxylic acids is 2. The number of aliphatic carboxylic acids is 2. The van der Waals surface area contributed by atoms with Gasteiger partial charge in [0.25, 0.3) is 0 Å². The molecule has 1 aliphatic rings. The standard InChI is InChI=1S/C13H18O7/c1-3-20-12(19)13(2)5-4-7(6-8(13)14)9(10(15)16)11(17)18/h7,9H,3-6H2,1-2H3,(H,15,16)(H,17,18)/t7-,13+/m0/s1. The van der Waals surface area contributed by atoms with Crippen LogP contribution in [0.1, 0.15) is 33.1 Å². The fourth-order valence-electron chi connectivity index (χ4n) is 2.48. The Hall–Kier alpha value is -1.92. The van der Waals surface area contributed by atoms with Crippen molar-refractivity contribution in [1.29, 1.82) is 0 Å². The molecule has 0 bridgehead atoms. The Morgan fingerprint density at radius 3 is 2.30 bits per heavy atom. The number of rotatable bonds is 5. The van der Waals surface area contributed by atoms with Gasteiger partial charge in [-0.1, -0.05) is 0 Å². The molecule has 0 aromatic carbocycles. The predicted molar refractivity (Wildman–Crippen MR) is 65.8 cm³/mol. The van der Waals surface area contributed by atoms with Crippen molar-refractivity contribution in [2.75, 3.05) is 6.61 Å². The summed E-state index contributed by atoms with van der Waals surface area (Å²) < 4.78 is 4.85. The maximum absolute atomic E-state index is 12.1. The van der Waals surface area contributed by atoms with Gasteiger partial charge in [0, 0.05) is 6.42 Å². The van der Waals surface area contributed by atoms with Crippen molar-refractivity contribution in [3.05, 3.63) is 0 Å². The molecule has 2 atom stereocenters. The second-order valence-corrected chi connectivity index (χ2v) is 5.13. The van der Waals surface area contributed by atoms with Crippen LogP contribution in [-0.2, 0) is 23.9 Å². The first-order chi connectivity index (χ1) is 9.24. The topological polar surface area (TPSA) is 118 Å². The highest BCUT2D eigenvalue weighted by molar-refractivity contribution is 6.04. The molecule has 1 rings (SSSR count). The highest BCUT2D eigenvalue weighted by atomic mass is 16.5. The number of hydrogen-bond donors (Lipinski definition) is 2. The molecular weight excluding hydrogens is 268 g/mol. The van der Waals surface area contributed by atoms with E-state index in [1.54, 1.807) is 6.92 Å². The van der Waals surface area contributed by atoms with Gasteiger partial charge in [-0.15, -0.1) is 0 Å². The molecule has 0 amide bonds. The number of esters is 1. The van der Waals surface area contributed by atoms with Crippen molar-refractivity contribution in [2.45, 2.75) is 33.1 Å². The summed E-state index contributed by atoms with van der Waals surface area (Å²) in [6.45, 7) is 3.24. The van der Waals surface area contributed by atoms with Crippen molar-refractivity contribution in [3.63, 3.8) is 0 Å². The smallest absolute Gasteiger partial charge is 0.319 e. The Labute approximate surface area is 115 Å². The largest absolute Gasteiger partial charge is 0.481 e. The SMILES string of the molecule is CCOC(=O)[C@]1(C)CC[C@H](C(C(=O)O)C(=O)O)CC1=O. The van der Waals surface area contributed by atoms with E-state index in [4.69, 9.17) is 14.9 Å². The average Bonchev–Trinajstić information content (AvgIpc) is 2.33. The second kappa shape index (κ2) is 6.02. The van der Waals surface area contributed by atoms with Crippen LogP contribution >= 0.6 is 0 Å². The number of ketones is 1. The number of carboxylic acid groups (broad SMARTS) is 2. The summed E-state index contributed by atoms with van der Waals surface area (Å²) in [5, 5.41) is 17.8. The Bertz CT molecular complexity index is 428. The second-order valence-electron chi connectivity index (χ2n) is 5.13. The van der Waals surface area contributed by atoms with E-state index in [0.29, 0.717) is 0 Å². The molecule has 1 fully saturated rings. The van der Waals surface area contributed by atoms with Gasteiger partial charge in [-0.25, -0.2) is 0 Å². The van der Waals surface area contributed by atoms with Crippen LogP contribution in [0.5, 0.6) is 0 Å². The number of carbonyl (C=O) groups excluding carboxylic acids is 2. The first-order valence-corrected chi connectivity index (χ1v) is 6.40. The summed E-state index contributed by atoms with van der Waals surface area (Å²) in [6, 6.07) is 0. The predicted octanol–water partition coefficient (Wildman–Crippen LogP) is 0.710. The summed E-state index contributed by atoms with van der Waals surface area (Å²) in [5.74, 6) is -6.43. The third kappa shape index (κ3) is 2.97. The lowest BCUT2D eigenvalue weighted by molar-refractivity contribution is -0.164. The van der Waals surface area contributed by atoms with Crippen molar-refractivity contribution in [3.8, 4) is 0 Å². The van der Waals surface area contributed by atoms with E-state index in [1.165, 1.54) is 6.92 Å². The zero-order chi connectivity index (χ0) is 15.5. The Morgan fingerprint density at radius 1 is 1.35 bits per heavy atom. The minimum Gasteiger partial charge on any atom is -0.481 e. The van der Waals surface area contributed by atoms with Crippen molar-refractivity contribution < 1.29 is 34.1 Å². The average molecular weight is 286 g/mol. The number of ether oxygens (including phenoxy) is 1. The fourth-order valence-corrected chi connectivity index (χ4v) is 2.48. The lowest BCUT2D eigenvalue weighted by Crippen LogP contribution is -2.45. The van der Waals surface area contributed by atoms with Crippen molar-refractivity contribution in [1.82, 2.24) is 0 Å². The molecule has 0 heterocycles. The van der Waals surface area contributed by atoms with E-state index in [2.05, 4.69) is 0 Å². The van der Waals surface area contributed by atoms with Gasteiger partial charge in [-0.3, -0.25) is 19.2 Å². The van der Waals surface area contributed by atoms with Crippen LogP contribution in [-0.4, -0.2) is 40.5 Å². The molecule has 2 N–H and O–H groups in total. The zero-order valence-corrected chi connectivity index (χ0v) is 11.4. The summed E-state index contributed by atoms with van der Waals surface area (Å²) in [7, 11) is 0. The molecule has 0 aromatic heterocycles. The van der Waals surface area contributed by atoms with Gasteiger partial charge < -0.3 is 14.9 Å². The van der Waals surface area contributed by atoms with Crippen molar-refractivity contribution >= 4 is 23.7 Å². The van der Waals surface area contributed by atoms with Crippen LogP contribution in [0.3, 0.4) is 0 Å². The molecule has 20 heavy (non-hydrogen) atoms. The van der Waals surface area contributed by atoms with Crippen LogP contribution in [0.2, 0.25) is 0 Å². The summed E-state index contributed by atoms with van der Waals surface area (Å²) >= 11 is 0. The summed E-state index contributed by atoms with van der Waals surface area (Å²) in [6.07, 6.45) is 0.0509. The number of hydrogen-bond acceptors (Lipinski definition) is 5. The zero-order valence-electron chi connectivity index (χ0n) is 11.4. The molecule has 0 saturated heterocycles. The lowest BCUT2D eigenvalue weighted by Gasteiger charge is -2.34. The van der Waals surface area contributed by atoms with Crippen LogP contribution in [0.25, 0.3) is 0 Å². The highest BCUT2D eigenvalue weighted by Crippen LogP contribution is 2.39. The Morgan fingerprint density at radius 2 is 1.90 bits per heavy atom. The molecule has 0 unspecified atom stereocenters. The van der Waals surface area contributed by atoms with E-state index >= 15 is 0 Å². The van der Waals surface area contributed by atoms with E-state index in [1.807, 2.05) is 0 Å². The van der Waals surface area contributed by atoms with E-state index in [0.717, 1.165) is 0 Å². The molecule has 112 valence electrons. The quantitative estimate of drug-likeness (QED) is 0.564. The maximum Gasteiger partial charge on any atom is 0.319 e. The molecule has 1 aliphatic carbocycles. The number of carbonyl (C=O) groups is 4. The van der Waals surface area contributed by atoms with Crippen LogP contribution in [0.15, 0.2) is 0 Å². The molecular formula is C13H18O7. The minimum atomic E-state index is -1.62. The summed E-state index contributed by atoms with van der Waals surface area (Å²) in [5.41, 5.74) is -1.30.